The lowest BCUT2D eigenvalue weighted by Gasteiger charge is -2.10. The normalized spacial score (nSPS) is 10.7. The standard InChI is InChI=1S/C16H28N2O/c1-4-10-17-11-12-18-15-5-7-16(8-6-15)19-13-9-14(2)3/h5-8,14,17-18H,4,9-13H2,1-3H3. The van der Waals surface area contributed by atoms with Gasteiger partial charge in [-0.05, 0) is 49.6 Å². The fourth-order valence-corrected chi connectivity index (χ4v) is 1.68. The van der Waals surface area contributed by atoms with Gasteiger partial charge in [-0.2, -0.15) is 0 Å². The van der Waals surface area contributed by atoms with Crippen LogP contribution in [0, 0.1) is 5.92 Å². The van der Waals surface area contributed by atoms with Crippen molar-refractivity contribution in [3.8, 4) is 5.75 Å². The van der Waals surface area contributed by atoms with E-state index < -0.39 is 0 Å². The summed E-state index contributed by atoms with van der Waals surface area (Å²) in [6.07, 6.45) is 2.28. The quantitative estimate of drug-likeness (QED) is 0.634. The van der Waals surface area contributed by atoms with E-state index in [0.29, 0.717) is 5.92 Å². The highest BCUT2D eigenvalue weighted by atomic mass is 16.5. The van der Waals surface area contributed by atoms with E-state index in [1.165, 1.54) is 6.42 Å². The molecule has 0 unspecified atom stereocenters. The average molecular weight is 264 g/mol. The first-order chi connectivity index (χ1) is 9.22. The van der Waals surface area contributed by atoms with Crippen LogP contribution in [0.3, 0.4) is 0 Å². The van der Waals surface area contributed by atoms with E-state index in [1.54, 1.807) is 0 Å². The Morgan fingerprint density at radius 2 is 1.79 bits per heavy atom. The van der Waals surface area contributed by atoms with Crippen molar-refractivity contribution in [2.75, 3.05) is 31.6 Å². The fraction of sp³-hybridized carbons (Fsp3) is 0.625. The first-order valence-corrected chi connectivity index (χ1v) is 7.39. The second-order valence-corrected chi connectivity index (χ2v) is 5.23. The van der Waals surface area contributed by atoms with Crippen molar-refractivity contribution >= 4 is 5.69 Å². The van der Waals surface area contributed by atoms with Gasteiger partial charge >= 0.3 is 0 Å². The monoisotopic (exact) mass is 264 g/mol. The van der Waals surface area contributed by atoms with E-state index in [0.717, 1.165) is 44.1 Å². The summed E-state index contributed by atoms with van der Waals surface area (Å²) in [5.41, 5.74) is 1.15. The highest BCUT2D eigenvalue weighted by molar-refractivity contribution is 5.46. The van der Waals surface area contributed by atoms with Crippen molar-refractivity contribution in [3.63, 3.8) is 0 Å². The maximum absolute atomic E-state index is 5.69. The first kappa shape index (κ1) is 15.8. The van der Waals surface area contributed by atoms with Crippen LogP contribution in [0.4, 0.5) is 5.69 Å². The van der Waals surface area contributed by atoms with Gasteiger partial charge in [-0.25, -0.2) is 0 Å². The average Bonchev–Trinajstić information content (AvgIpc) is 2.40. The fourth-order valence-electron chi connectivity index (χ4n) is 1.68. The summed E-state index contributed by atoms with van der Waals surface area (Å²) < 4.78 is 5.69. The van der Waals surface area contributed by atoms with Crippen LogP contribution < -0.4 is 15.4 Å². The van der Waals surface area contributed by atoms with Crippen molar-refractivity contribution in [2.24, 2.45) is 5.92 Å². The van der Waals surface area contributed by atoms with Crippen molar-refractivity contribution in [1.29, 1.82) is 0 Å². The number of hydrogen-bond acceptors (Lipinski definition) is 3. The summed E-state index contributed by atoms with van der Waals surface area (Å²) in [5, 5.41) is 6.75. The van der Waals surface area contributed by atoms with Crippen LogP contribution in [0.2, 0.25) is 0 Å². The molecule has 1 aromatic rings. The number of hydrogen-bond donors (Lipinski definition) is 2. The van der Waals surface area contributed by atoms with Crippen LogP contribution in [0.5, 0.6) is 5.75 Å². The zero-order chi connectivity index (χ0) is 13.9. The van der Waals surface area contributed by atoms with Gasteiger partial charge in [0.1, 0.15) is 5.75 Å². The molecule has 0 heterocycles. The van der Waals surface area contributed by atoms with Gasteiger partial charge in [-0.15, -0.1) is 0 Å². The Hall–Kier alpha value is -1.22. The highest BCUT2D eigenvalue weighted by Crippen LogP contribution is 2.16. The van der Waals surface area contributed by atoms with Crippen molar-refractivity contribution in [3.05, 3.63) is 24.3 Å². The van der Waals surface area contributed by atoms with Crippen molar-refractivity contribution in [2.45, 2.75) is 33.6 Å². The highest BCUT2D eigenvalue weighted by Gasteiger charge is 1.97. The van der Waals surface area contributed by atoms with Gasteiger partial charge in [0.15, 0.2) is 0 Å². The van der Waals surface area contributed by atoms with Gasteiger partial charge in [0.05, 0.1) is 6.61 Å². The molecule has 0 aromatic heterocycles. The topological polar surface area (TPSA) is 33.3 Å². The van der Waals surface area contributed by atoms with E-state index in [2.05, 4.69) is 43.5 Å². The SMILES string of the molecule is CCCNCCNc1ccc(OCCC(C)C)cc1. The number of nitrogens with one attached hydrogen (secondary N) is 2. The molecule has 0 aliphatic carbocycles. The molecule has 1 aromatic carbocycles. The largest absolute Gasteiger partial charge is 0.494 e. The predicted octanol–water partition coefficient (Wildman–Crippen LogP) is 3.52. The Kier molecular flexibility index (Phi) is 8.07. The molecule has 2 N–H and O–H groups in total. The summed E-state index contributed by atoms with van der Waals surface area (Å²) in [4.78, 5) is 0. The first-order valence-electron chi connectivity index (χ1n) is 7.39. The van der Waals surface area contributed by atoms with Crippen LogP contribution in [-0.4, -0.2) is 26.2 Å². The number of benzene rings is 1. The van der Waals surface area contributed by atoms with E-state index >= 15 is 0 Å². The zero-order valence-electron chi connectivity index (χ0n) is 12.5. The molecule has 0 saturated carbocycles. The van der Waals surface area contributed by atoms with Crippen LogP contribution >= 0.6 is 0 Å². The Labute approximate surface area is 117 Å². The summed E-state index contributed by atoms with van der Waals surface area (Å²) >= 11 is 0. The van der Waals surface area contributed by atoms with E-state index in [-0.39, 0.29) is 0 Å². The molecule has 3 heteroatoms. The Balaban J connectivity index is 2.19. The Morgan fingerprint density at radius 3 is 2.42 bits per heavy atom. The molecule has 0 bridgehead atoms. The molecular weight excluding hydrogens is 236 g/mol. The van der Waals surface area contributed by atoms with Crippen LogP contribution in [0.15, 0.2) is 24.3 Å². The Bertz CT molecular complexity index is 322. The van der Waals surface area contributed by atoms with Gasteiger partial charge in [0.2, 0.25) is 0 Å². The van der Waals surface area contributed by atoms with Gasteiger partial charge in [-0.1, -0.05) is 20.8 Å². The molecule has 108 valence electrons. The predicted molar refractivity (Wildman–Crippen MR) is 83.0 cm³/mol. The Morgan fingerprint density at radius 1 is 1.05 bits per heavy atom. The van der Waals surface area contributed by atoms with Crippen molar-refractivity contribution < 1.29 is 4.74 Å². The molecule has 0 atom stereocenters. The van der Waals surface area contributed by atoms with Gasteiger partial charge < -0.3 is 15.4 Å². The molecule has 0 aliphatic heterocycles. The number of anilines is 1. The van der Waals surface area contributed by atoms with E-state index in [9.17, 15) is 0 Å². The lowest BCUT2D eigenvalue weighted by molar-refractivity contribution is 0.289. The van der Waals surface area contributed by atoms with E-state index in [4.69, 9.17) is 4.74 Å². The molecule has 0 spiro atoms. The molecule has 3 nitrogen and oxygen atoms in total. The van der Waals surface area contributed by atoms with Crippen LogP contribution in [0.1, 0.15) is 33.6 Å². The maximum atomic E-state index is 5.69. The second-order valence-electron chi connectivity index (χ2n) is 5.23. The minimum absolute atomic E-state index is 0.691. The van der Waals surface area contributed by atoms with Gasteiger partial charge in [-0.3, -0.25) is 0 Å². The van der Waals surface area contributed by atoms with E-state index in [1.807, 2.05) is 12.1 Å². The van der Waals surface area contributed by atoms with Gasteiger partial charge in [0, 0.05) is 18.8 Å². The summed E-state index contributed by atoms with van der Waals surface area (Å²) in [5.74, 6) is 1.65. The minimum atomic E-state index is 0.691. The third-order valence-electron chi connectivity index (χ3n) is 2.88. The summed E-state index contributed by atoms with van der Waals surface area (Å²) in [7, 11) is 0. The molecule has 19 heavy (non-hydrogen) atoms. The molecule has 0 saturated heterocycles. The zero-order valence-corrected chi connectivity index (χ0v) is 12.5. The molecule has 0 fully saturated rings. The molecular formula is C16H28N2O. The molecule has 0 radical (unpaired) electrons. The third kappa shape index (κ3) is 7.73. The second kappa shape index (κ2) is 9.68. The maximum Gasteiger partial charge on any atom is 0.119 e. The lowest BCUT2D eigenvalue weighted by Crippen LogP contribution is -2.22. The summed E-state index contributed by atoms with van der Waals surface area (Å²) in [6.45, 7) is 10.4. The minimum Gasteiger partial charge on any atom is -0.494 e. The number of rotatable bonds is 10. The third-order valence-corrected chi connectivity index (χ3v) is 2.88. The number of ether oxygens (including phenoxy) is 1. The van der Waals surface area contributed by atoms with Crippen LogP contribution in [0.25, 0.3) is 0 Å². The van der Waals surface area contributed by atoms with Crippen molar-refractivity contribution in [1.82, 2.24) is 5.32 Å². The smallest absolute Gasteiger partial charge is 0.119 e. The molecule has 0 aliphatic rings. The lowest BCUT2D eigenvalue weighted by atomic mass is 10.1. The van der Waals surface area contributed by atoms with Gasteiger partial charge in [0.25, 0.3) is 0 Å². The molecule has 0 amide bonds. The molecule has 1 rings (SSSR count). The van der Waals surface area contributed by atoms with Crippen LogP contribution in [-0.2, 0) is 0 Å². The summed E-state index contributed by atoms with van der Waals surface area (Å²) in [6, 6.07) is 8.21.